The number of benzene rings is 2. The second-order valence-electron chi connectivity index (χ2n) is 6.81. The molecule has 0 spiro atoms. The van der Waals surface area contributed by atoms with Crippen molar-refractivity contribution in [3.63, 3.8) is 0 Å². The van der Waals surface area contributed by atoms with E-state index in [0.29, 0.717) is 6.04 Å². The Morgan fingerprint density at radius 1 is 0.909 bits per heavy atom. The Bertz CT molecular complexity index is 692. The van der Waals surface area contributed by atoms with E-state index in [1.807, 2.05) is 0 Å². The van der Waals surface area contributed by atoms with Crippen molar-refractivity contribution in [3.05, 3.63) is 64.7 Å². The number of likely N-dealkylation sites (N-methyl/N-ethyl adjacent to an activating group) is 1. The van der Waals surface area contributed by atoms with Crippen LogP contribution in [0, 0.1) is 0 Å². The van der Waals surface area contributed by atoms with Crippen LogP contribution >= 0.6 is 0 Å². The van der Waals surface area contributed by atoms with Gasteiger partial charge in [-0.2, -0.15) is 0 Å². The van der Waals surface area contributed by atoms with Crippen molar-refractivity contribution in [2.45, 2.75) is 31.8 Å². The highest BCUT2D eigenvalue weighted by molar-refractivity contribution is 5.57. The zero-order valence-electron chi connectivity index (χ0n) is 13.5. The first kappa shape index (κ1) is 13.8. The lowest BCUT2D eigenvalue weighted by molar-refractivity contribution is 0.312. The quantitative estimate of drug-likeness (QED) is 0.789. The molecule has 4 rings (SSSR count). The first-order valence-corrected chi connectivity index (χ1v) is 8.33. The average Bonchev–Trinajstić information content (AvgIpc) is 2.55. The molecule has 1 unspecified atom stereocenters. The van der Waals surface area contributed by atoms with E-state index >= 15 is 0 Å². The molecule has 0 radical (unpaired) electrons. The highest BCUT2D eigenvalue weighted by Crippen LogP contribution is 2.38. The fourth-order valence-electron chi connectivity index (χ4n) is 4.04. The fraction of sp³-hybridized carbons (Fsp3) is 0.400. The van der Waals surface area contributed by atoms with Crippen LogP contribution in [-0.2, 0) is 19.4 Å². The van der Waals surface area contributed by atoms with E-state index < -0.39 is 0 Å². The van der Waals surface area contributed by atoms with Crippen LogP contribution < -0.4 is 4.90 Å². The van der Waals surface area contributed by atoms with Crippen LogP contribution in [0.5, 0.6) is 0 Å². The van der Waals surface area contributed by atoms with Crippen LogP contribution in [0.1, 0.15) is 34.7 Å². The average molecular weight is 292 g/mol. The first-order valence-electron chi connectivity index (χ1n) is 8.33. The summed E-state index contributed by atoms with van der Waals surface area (Å²) in [6.07, 6.45) is 3.58. The van der Waals surface area contributed by atoms with Crippen molar-refractivity contribution in [1.82, 2.24) is 4.90 Å². The van der Waals surface area contributed by atoms with Crippen molar-refractivity contribution in [2.75, 3.05) is 25.5 Å². The third kappa shape index (κ3) is 2.32. The summed E-state index contributed by atoms with van der Waals surface area (Å²) < 4.78 is 0. The minimum Gasteiger partial charge on any atom is -0.367 e. The van der Waals surface area contributed by atoms with Crippen LogP contribution in [0.4, 0.5) is 5.69 Å². The maximum absolute atomic E-state index is 2.47. The Morgan fingerprint density at radius 3 is 2.68 bits per heavy atom. The molecule has 1 atom stereocenters. The van der Waals surface area contributed by atoms with Gasteiger partial charge in [-0.1, -0.05) is 36.4 Å². The van der Waals surface area contributed by atoms with Gasteiger partial charge in [0.15, 0.2) is 0 Å². The summed E-state index contributed by atoms with van der Waals surface area (Å²) in [6, 6.07) is 16.5. The van der Waals surface area contributed by atoms with Gasteiger partial charge < -0.3 is 9.80 Å². The molecular formula is C20H24N2. The first-order chi connectivity index (χ1) is 10.7. The topological polar surface area (TPSA) is 6.48 Å². The maximum Gasteiger partial charge on any atom is 0.0542 e. The summed E-state index contributed by atoms with van der Waals surface area (Å²) in [7, 11) is 4.47. The number of rotatable bonds is 1. The Labute approximate surface area is 133 Å². The molecule has 2 heteroatoms. The molecule has 2 nitrogen and oxygen atoms in total. The number of hydrogen-bond acceptors (Lipinski definition) is 2. The molecule has 2 aromatic carbocycles. The summed E-state index contributed by atoms with van der Waals surface area (Å²) in [5.74, 6) is 0. The van der Waals surface area contributed by atoms with Gasteiger partial charge in [0.2, 0.25) is 0 Å². The van der Waals surface area contributed by atoms with Crippen LogP contribution in [0.3, 0.4) is 0 Å². The fourth-order valence-corrected chi connectivity index (χ4v) is 4.04. The Morgan fingerprint density at radius 2 is 1.77 bits per heavy atom. The number of nitrogens with zero attached hydrogens (tertiary/aromatic N) is 2. The van der Waals surface area contributed by atoms with Crippen molar-refractivity contribution in [3.8, 4) is 0 Å². The van der Waals surface area contributed by atoms with Gasteiger partial charge in [-0.15, -0.1) is 0 Å². The van der Waals surface area contributed by atoms with E-state index in [0.717, 1.165) is 6.54 Å². The molecule has 0 fully saturated rings. The molecule has 2 heterocycles. The molecule has 0 bridgehead atoms. The second kappa shape index (κ2) is 5.44. The number of fused-ring (bicyclic) bond motifs is 2. The predicted octanol–water partition coefficient (Wildman–Crippen LogP) is 3.80. The van der Waals surface area contributed by atoms with Gasteiger partial charge >= 0.3 is 0 Å². The Kier molecular flexibility index (Phi) is 3.42. The van der Waals surface area contributed by atoms with E-state index in [1.165, 1.54) is 48.2 Å². The van der Waals surface area contributed by atoms with Gasteiger partial charge in [-0.25, -0.2) is 0 Å². The zero-order valence-corrected chi connectivity index (χ0v) is 13.5. The number of para-hydroxylation sites is 1. The molecule has 22 heavy (non-hydrogen) atoms. The minimum absolute atomic E-state index is 0.507. The highest BCUT2D eigenvalue weighted by Gasteiger charge is 2.25. The molecule has 2 aromatic rings. The smallest absolute Gasteiger partial charge is 0.0542 e. The predicted molar refractivity (Wildman–Crippen MR) is 92.4 cm³/mol. The summed E-state index contributed by atoms with van der Waals surface area (Å²) >= 11 is 0. The summed E-state index contributed by atoms with van der Waals surface area (Å²) in [4.78, 5) is 4.89. The number of anilines is 1. The van der Waals surface area contributed by atoms with Gasteiger partial charge in [-0.3, -0.25) is 0 Å². The summed E-state index contributed by atoms with van der Waals surface area (Å²) in [5, 5.41) is 0. The van der Waals surface area contributed by atoms with Crippen LogP contribution in [0.15, 0.2) is 42.5 Å². The van der Waals surface area contributed by atoms with Gasteiger partial charge in [0.25, 0.3) is 0 Å². The van der Waals surface area contributed by atoms with Crippen LogP contribution in [-0.4, -0.2) is 25.5 Å². The molecule has 2 aliphatic heterocycles. The lowest BCUT2D eigenvalue weighted by atomic mass is 9.89. The normalized spacial score (nSPS) is 21.4. The van der Waals surface area contributed by atoms with E-state index in [-0.39, 0.29) is 0 Å². The Balaban J connectivity index is 1.67. The van der Waals surface area contributed by atoms with Crippen LogP contribution in [0.2, 0.25) is 0 Å². The van der Waals surface area contributed by atoms with Gasteiger partial charge in [0, 0.05) is 25.8 Å². The number of aryl methyl sites for hydroxylation is 1. The third-order valence-electron chi connectivity index (χ3n) is 5.34. The van der Waals surface area contributed by atoms with E-state index in [9.17, 15) is 0 Å². The molecule has 0 amide bonds. The molecule has 0 saturated heterocycles. The molecule has 0 aliphatic carbocycles. The maximum atomic E-state index is 2.47. The van der Waals surface area contributed by atoms with Crippen molar-refractivity contribution >= 4 is 5.69 Å². The third-order valence-corrected chi connectivity index (χ3v) is 5.34. The highest BCUT2D eigenvalue weighted by atomic mass is 15.1. The SMILES string of the molecule is CN1CCc2ccc(C3CCc4ccccc4N3C)cc2C1. The largest absolute Gasteiger partial charge is 0.367 e. The molecule has 2 aliphatic rings. The van der Waals surface area contributed by atoms with Crippen molar-refractivity contribution < 1.29 is 0 Å². The summed E-state index contributed by atoms with van der Waals surface area (Å²) in [5.41, 5.74) is 7.43. The summed E-state index contributed by atoms with van der Waals surface area (Å²) in [6.45, 7) is 2.28. The number of hydrogen-bond donors (Lipinski definition) is 0. The lowest BCUT2D eigenvalue weighted by Gasteiger charge is -2.37. The van der Waals surface area contributed by atoms with Gasteiger partial charge in [0.1, 0.15) is 0 Å². The molecule has 0 aromatic heterocycles. The standard InChI is InChI=1S/C20H24N2/c1-21-12-11-15-7-8-17(13-18(15)14-21)20-10-9-16-5-3-4-6-19(16)22(20)2/h3-8,13,20H,9-12,14H2,1-2H3. The monoisotopic (exact) mass is 292 g/mol. The minimum atomic E-state index is 0.507. The van der Waals surface area contributed by atoms with E-state index in [2.05, 4.69) is 66.4 Å². The van der Waals surface area contributed by atoms with Gasteiger partial charge in [0.05, 0.1) is 6.04 Å². The molecule has 0 saturated carbocycles. The molecule has 0 N–H and O–H groups in total. The van der Waals surface area contributed by atoms with Crippen molar-refractivity contribution in [2.24, 2.45) is 0 Å². The molecule has 114 valence electrons. The van der Waals surface area contributed by atoms with E-state index in [4.69, 9.17) is 0 Å². The zero-order chi connectivity index (χ0) is 15.1. The van der Waals surface area contributed by atoms with Gasteiger partial charge in [-0.05, 0) is 54.6 Å². The lowest BCUT2D eigenvalue weighted by Crippen LogP contribution is -2.30. The Hall–Kier alpha value is -1.80. The van der Waals surface area contributed by atoms with E-state index in [1.54, 1.807) is 5.56 Å². The second-order valence-corrected chi connectivity index (χ2v) is 6.81. The van der Waals surface area contributed by atoms with Crippen molar-refractivity contribution in [1.29, 1.82) is 0 Å². The molecular weight excluding hydrogens is 268 g/mol. The van der Waals surface area contributed by atoms with Crippen LogP contribution in [0.25, 0.3) is 0 Å².